The molecular formula is C21H25N3O2. The first-order chi connectivity index (χ1) is 12.5. The Morgan fingerprint density at radius 1 is 0.885 bits per heavy atom. The second-order valence-corrected chi connectivity index (χ2v) is 6.70. The molecule has 1 saturated heterocycles. The van der Waals surface area contributed by atoms with Gasteiger partial charge in [0.25, 0.3) is 0 Å². The normalized spacial score (nSPS) is 14.3. The van der Waals surface area contributed by atoms with Crippen LogP contribution in [-0.2, 0) is 9.59 Å². The van der Waals surface area contributed by atoms with Crippen LogP contribution >= 0.6 is 0 Å². The fourth-order valence-electron chi connectivity index (χ4n) is 3.28. The maximum Gasteiger partial charge on any atom is 0.316 e. The van der Waals surface area contributed by atoms with E-state index in [0.717, 1.165) is 18.8 Å². The Morgan fingerprint density at radius 3 is 2.19 bits per heavy atom. The average Bonchev–Trinajstić information content (AvgIpc) is 2.69. The molecule has 2 amide bonds. The monoisotopic (exact) mass is 351 g/mol. The van der Waals surface area contributed by atoms with Gasteiger partial charge < -0.3 is 14.7 Å². The van der Waals surface area contributed by atoms with Crippen LogP contribution in [0.5, 0.6) is 0 Å². The molecule has 0 aliphatic carbocycles. The zero-order valence-corrected chi connectivity index (χ0v) is 15.6. The molecule has 5 heteroatoms. The van der Waals surface area contributed by atoms with Crippen LogP contribution in [-0.4, -0.2) is 49.9 Å². The molecule has 2 aromatic carbocycles. The van der Waals surface area contributed by atoms with Crippen LogP contribution in [0.25, 0.3) is 0 Å². The number of rotatable bonds is 2. The highest BCUT2D eigenvalue weighted by Crippen LogP contribution is 2.24. The van der Waals surface area contributed by atoms with Crippen molar-refractivity contribution in [1.82, 2.24) is 4.90 Å². The van der Waals surface area contributed by atoms with Crippen molar-refractivity contribution in [3.8, 4) is 0 Å². The molecule has 1 aliphatic rings. The second kappa shape index (κ2) is 7.60. The molecule has 0 N–H and O–H groups in total. The highest BCUT2D eigenvalue weighted by Gasteiger charge is 2.29. The highest BCUT2D eigenvalue weighted by atomic mass is 16.2. The van der Waals surface area contributed by atoms with E-state index in [1.807, 2.05) is 30.3 Å². The molecule has 5 nitrogen and oxygen atoms in total. The van der Waals surface area contributed by atoms with Gasteiger partial charge in [-0.15, -0.1) is 0 Å². The summed E-state index contributed by atoms with van der Waals surface area (Å²) in [6.45, 7) is 6.81. The van der Waals surface area contributed by atoms with Gasteiger partial charge in [-0.05, 0) is 43.2 Å². The van der Waals surface area contributed by atoms with Gasteiger partial charge in [0.2, 0.25) is 0 Å². The van der Waals surface area contributed by atoms with Crippen molar-refractivity contribution in [2.45, 2.75) is 13.8 Å². The zero-order chi connectivity index (χ0) is 18.7. The van der Waals surface area contributed by atoms with E-state index in [9.17, 15) is 9.59 Å². The maximum atomic E-state index is 12.6. The first kappa shape index (κ1) is 18.0. The number of carbonyl (C=O) groups is 2. The van der Waals surface area contributed by atoms with E-state index in [1.165, 1.54) is 21.7 Å². The van der Waals surface area contributed by atoms with Crippen LogP contribution in [0.3, 0.4) is 0 Å². The van der Waals surface area contributed by atoms with Gasteiger partial charge in [-0.2, -0.15) is 0 Å². The SMILES string of the molecule is Cc1cccc(N2CCN(C(=O)C(=O)N(C)c3ccccc3)CC2)c1C. The Hall–Kier alpha value is -2.82. The van der Waals surface area contributed by atoms with Crippen LogP contribution in [0, 0.1) is 13.8 Å². The van der Waals surface area contributed by atoms with E-state index < -0.39 is 11.8 Å². The van der Waals surface area contributed by atoms with Crippen LogP contribution in [0.2, 0.25) is 0 Å². The Balaban J connectivity index is 1.63. The summed E-state index contributed by atoms with van der Waals surface area (Å²) in [4.78, 5) is 30.5. The van der Waals surface area contributed by atoms with E-state index in [4.69, 9.17) is 0 Å². The average molecular weight is 351 g/mol. The summed E-state index contributed by atoms with van der Waals surface area (Å²) >= 11 is 0. The number of nitrogens with zero attached hydrogens (tertiary/aromatic N) is 3. The number of piperazine rings is 1. The van der Waals surface area contributed by atoms with Crippen LogP contribution in [0.4, 0.5) is 11.4 Å². The molecule has 2 aromatic rings. The number of hydrogen-bond acceptors (Lipinski definition) is 3. The highest BCUT2D eigenvalue weighted by molar-refractivity contribution is 6.40. The number of carbonyl (C=O) groups excluding carboxylic acids is 2. The predicted molar refractivity (Wildman–Crippen MR) is 105 cm³/mol. The van der Waals surface area contributed by atoms with E-state index in [1.54, 1.807) is 11.9 Å². The smallest absolute Gasteiger partial charge is 0.316 e. The first-order valence-corrected chi connectivity index (χ1v) is 8.92. The van der Waals surface area contributed by atoms with Gasteiger partial charge in [-0.25, -0.2) is 0 Å². The van der Waals surface area contributed by atoms with Crippen molar-refractivity contribution in [3.63, 3.8) is 0 Å². The zero-order valence-electron chi connectivity index (χ0n) is 15.6. The van der Waals surface area contributed by atoms with E-state index in [-0.39, 0.29) is 0 Å². The lowest BCUT2D eigenvalue weighted by Gasteiger charge is -2.37. The summed E-state index contributed by atoms with van der Waals surface area (Å²) in [7, 11) is 1.64. The van der Waals surface area contributed by atoms with Crippen LogP contribution in [0.15, 0.2) is 48.5 Å². The molecule has 0 bridgehead atoms. The molecule has 0 unspecified atom stereocenters. The third kappa shape index (κ3) is 3.57. The molecule has 0 aromatic heterocycles. The largest absolute Gasteiger partial charge is 0.368 e. The lowest BCUT2D eigenvalue weighted by Crippen LogP contribution is -2.53. The number of para-hydroxylation sites is 1. The summed E-state index contributed by atoms with van der Waals surface area (Å²) in [5, 5.41) is 0. The van der Waals surface area contributed by atoms with Crippen LogP contribution in [0.1, 0.15) is 11.1 Å². The van der Waals surface area contributed by atoms with E-state index in [0.29, 0.717) is 13.1 Å². The quantitative estimate of drug-likeness (QED) is 0.781. The summed E-state index contributed by atoms with van der Waals surface area (Å²) < 4.78 is 0. The molecule has 26 heavy (non-hydrogen) atoms. The maximum absolute atomic E-state index is 12.6. The Labute approximate surface area is 154 Å². The molecule has 3 rings (SSSR count). The summed E-state index contributed by atoms with van der Waals surface area (Å²) in [5.41, 5.74) is 4.47. The fraction of sp³-hybridized carbons (Fsp3) is 0.333. The Morgan fingerprint density at radius 2 is 1.54 bits per heavy atom. The number of hydrogen-bond donors (Lipinski definition) is 0. The van der Waals surface area contributed by atoms with Crippen molar-refractivity contribution in [1.29, 1.82) is 0 Å². The predicted octanol–water partition coefficient (Wildman–Crippen LogP) is 2.62. The van der Waals surface area contributed by atoms with Crippen molar-refractivity contribution in [3.05, 3.63) is 59.7 Å². The van der Waals surface area contributed by atoms with E-state index in [2.05, 4.69) is 36.9 Å². The fourth-order valence-corrected chi connectivity index (χ4v) is 3.28. The van der Waals surface area contributed by atoms with Gasteiger partial charge in [-0.3, -0.25) is 9.59 Å². The summed E-state index contributed by atoms with van der Waals surface area (Å²) in [6.07, 6.45) is 0. The van der Waals surface area contributed by atoms with E-state index >= 15 is 0 Å². The Bertz CT molecular complexity index is 796. The molecule has 0 radical (unpaired) electrons. The number of anilines is 2. The van der Waals surface area contributed by atoms with Crippen molar-refractivity contribution < 1.29 is 9.59 Å². The lowest BCUT2D eigenvalue weighted by atomic mass is 10.1. The van der Waals surface area contributed by atoms with Crippen molar-refractivity contribution in [2.24, 2.45) is 0 Å². The molecular weight excluding hydrogens is 326 g/mol. The number of likely N-dealkylation sites (N-methyl/N-ethyl adjacent to an activating group) is 1. The molecule has 1 aliphatic heterocycles. The summed E-state index contributed by atoms with van der Waals surface area (Å²) in [6, 6.07) is 15.5. The summed E-state index contributed by atoms with van der Waals surface area (Å²) in [5.74, 6) is -0.923. The first-order valence-electron chi connectivity index (χ1n) is 8.92. The molecule has 0 saturated carbocycles. The van der Waals surface area contributed by atoms with Gasteiger partial charge in [-0.1, -0.05) is 30.3 Å². The topological polar surface area (TPSA) is 43.9 Å². The molecule has 136 valence electrons. The molecule has 1 heterocycles. The lowest BCUT2D eigenvalue weighted by molar-refractivity contribution is -0.144. The number of aryl methyl sites for hydroxylation is 1. The minimum Gasteiger partial charge on any atom is -0.368 e. The van der Waals surface area contributed by atoms with Gasteiger partial charge >= 0.3 is 11.8 Å². The second-order valence-electron chi connectivity index (χ2n) is 6.70. The van der Waals surface area contributed by atoms with Crippen LogP contribution < -0.4 is 9.80 Å². The van der Waals surface area contributed by atoms with Gasteiger partial charge in [0.15, 0.2) is 0 Å². The number of benzene rings is 2. The third-order valence-electron chi connectivity index (χ3n) is 5.11. The number of amides is 2. The molecule has 1 fully saturated rings. The molecule has 0 spiro atoms. The standard InChI is InChI=1S/C21H25N3O2/c1-16-8-7-11-19(17(16)2)23-12-14-24(15-13-23)21(26)20(25)22(3)18-9-5-4-6-10-18/h4-11H,12-15H2,1-3H3. The minimum atomic E-state index is -0.489. The molecule has 0 atom stereocenters. The van der Waals surface area contributed by atoms with Gasteiger partial charge in [0.1, 0.15) is 0 Å². The van der Waals surface area contributed by atoms with Crippen molar-refractivity contribution >= 4 is 23.2 Å². The minimum absolute atomic E-state index is 0.433. The van der Waals surface area contributed by atoms with Gasteiger partial charge in [0.05, 0.1) is 0 Å². The van der Waals surface area contributed by atoms with Crippen molar-refractivity contribution in [2.75, 3.05) is 43.0 Å². The van der Waals surface area contributed by atoms with Gasteiger partial charge in [0, 0.05) is 44.6 Å². The third-order valence-corrected chi connectivity index (χ3v) is 5.11. The Kier molecular flexibility index (Phi) is 5.26.